The number of rotatable bonds is 3. The maximum absolute atomic E-state index is 13.9. The minimum Gasteiger partial charge on any atom is -0.508 e. The standard InChI is InChI=1S/C23H22FN3O2/c1-15-4-2-3-5-18(15)21-8-9-25-27(21)16-11-23(12-16)13-26(14-23)22(29)19-10-17(28)6-7-20(19)24/h2-10,16,28H,11-14H2,1H3. The van der Waals surface area contributed by atoms with Crippen LogP contribution in [0.3, 0.4) is 0 Å². The Morgan fingerprint density at radius 2 is 1.93 bits per heavy atom. The summed E-state index contributed by atoms with van der Waals surface area (Å²) in [6.07, 6.45) is 3.76. The number of aromatic nitrogens is 2. The Morgan fingerprint density at radius 3 is 2.69 bits per heavy atom. The highest BCUT2D eigenvalue weighted by atomic mass is 19.1. The van der Waals surface area contributed by atoms with Gasteiger partial charge in [-0.1, -0.05) is 24.3 Å². The molecule has 1 aliphatic heterocycles. The molecule has 3 aromatic rings. The number of carbonyl (C=O) groups is 1. The van der Waals surface area contributed by atoms with Gasteiger partial charge in [-0.3, -0.25) is 9.48 Å². The van der Waals surface area contributed by atoms with Crippen molar-refractivity contribution in [1.82, 2.24) is 14.7 Å². The number of likely N-dealkylation sites (tertiary alicyclic amines) is 1. The van der Waals surface area contributed by atoms with Gasteiger partial charge in [0.15, 0.2) is 0 Å². The summed E-state index contributed by atoms with van der Waals surface area (Å²) < 4.78 is 16.0. The molecule has 2 aromatic carbocycles. The molecular formula is C23H22FN3O2. The van der Waals surface area contributed by atoms with Gasteiger partial charge in [0.05, 0.1) is 17.3 Å². The fraction of sp³-hybridized carbons (Fsp3) is 0.304. The van der Waals surface area contributed by atoms with Gasteiger partial charge in [-0.25, -0.2) is 4.39 Å². The number of nitrogens with zero attached hydrogens (tertiary/aromatic N) is 3. The van der Waals surface area contributed by atoms with Gasteiger partial charge in [0.1, 0.15) is 11.6 Å². The minimum atomic E-state index is -0.598. The summed E-state index contributed by atoms with van der Waals surface area (Å²) in [5.41, 5.74) is 3.57. The van der Waals surface area contributed by atoms with Crippen molar-refractivity contribution in [2.75, 3.05) is 13.1 Å². The van der Waals surface area contributed by atoms with E-state index in [-0.39, 0.29) is 22.6 Å². The number of aromatic hydroxyl groups is 1. The molecule has 0 radical (unpaired) electrons. The highest BCUT2D eigenvalue weighted by molar-refractivity contribution is 5.95. The van der Waals surface area contributed by atoms with Gasteiger partial charge >= 0.3 is 0 Å². The number of phenols is 1. The monoisotopic (exact) mass is 391 g/mol. The second-order valence-electron chi connectivity index (χ2n) is 8.36. The first-order chi connectivity index (χ1) is 14.0. The summed E-state index contributed by atoms with van der Waals surface area (Å²) >= 11 is 0. The zero-order valence-corrected chi connectivity index (χ0v) is 16.2. The second-order valence-corrected chi connectivity index (χ2v) is 8.36. The van der Waals surface area contributed by atoms with Crippen molar-refractivity contribution in [1.29, 1.82) is 0 Å². The van der Waals surface area contributed by atoms with Crippen molar-refractivity contribution in [2.45, 2.75) is 25.8 Å². The smallest absolute Gasteiger partial charge is 0.257 e. The maximum Gasteiger partial charge on any atom is 0.257 e. The highest BCUT2D eigenvalue weighted by Crippen LogP contribution is 2.55. The number of phenolic OH excluding ortho intramolecular Hbond substituents is 1. The number of aryl methyl sites for hydroxylation is 1. The summed E-state index contributed by atoms with van der Waals surface area (Å²) in [5.74, 6) is -1.05. The molecule has 0 bridgehead atoms. The lowest BCUT2D eigenvalue weighted by Crippen LogP contribution is -2.64. The van der Waals surface area contributed by atoms with Crippen LogP contribution >= 0.6 is 0 Å². The third-order valence-electron chi connectivity index (χ3n) is 6.29. The van der Waals surface area contributed by atoms with Crippen LogP contribution in [-0.4, -0.2) is 38.8 Å². The Kier molecular flexibility index (Phi) is 3.98. The number of benzene rings is 2. The van der Waals surface area contributed by atoms with Crippen molar-refractivity contribution in [3.63, 3.8) is 0 Å². The first-order valence-electron chi connectivity index (χ1n) is 9.83. The van der Waals surface area contributed by atoms with E-state index in [2.05, 4.69) is 34.9 Å². The molecule has 148 valence electrons. The molecule has 5 nitrogen and oxygen atoms in total. The van der Waals surface area contributed by atoms with Crippen molar-refractivity contribution in [2.24, 2.45) is 5.41 Å². The van der Waals surface area contributed by atoms with Crippen LogP contribution in [0.4, 0.5) is 4.39 Å². The fourth-order valence-electron chi connectivity index (χ4n) is 4.80. The third kappa shape index (κ3) is 2.90. The van der Waals surface area contributed by atoms with E-state index in [0.717, 1.165) is 24.6 Å². The lowest BCUT2D eigenvalue weighted by molar-refractivity contribution is -0.0735. The van der Waals surface area contributed by atoms with Crippen LogP contribution in [0, 0.1) is 18.2 Å². The molecule has 1 N–H and O–H groups in total. The lowest BCUT2D eigenvalue weighted by atomic mass is 9.60. The van der Waals surface area contributed by atoms with Crippen LogP contribution in [0.2, 0.25) is 0 Å². The predicted molar refractivity (Wildman–Crippen MR) is 107 cm³/mol. The molecule has 5 rings (SSSR count). The molecule has 1 aromatic heterocycles. The zero-order valence-electron chi connectivity index (χ0n) is 16.2. The van der Waals surface area contributed by atoms with Crippen molar-refractivity contribution >= 4 is 5.91 Å². The van der Waals surface area contributed by atoms with E-state index in [0.29, 0.717) is 19.1 Å². The van der Waals surface area contributed by atoms with E-state index in [1.54, 1.807) is 4.90 Å². The Bertz CT molecular complexity index is 1090. The molecule has 2 aliphatic rings. The average molecular weight is 391 g/mol. The highest BCUT2D eigenvalue weighted by Gasteiger charge is 2.55. The van der Waals surface area contributed by atoms with Crippen LogP contribution in [0.1, 0.15) is 34.8 Å². The van der Waals surface area contributed by atoms with Gasteiger partial charge in [-0.15, -0.1) is 0 Å². The number of carbonyl (C=O) groups excluding carboxylic acids is 1. The molecule has 0 unspecified atom stereocenters. The van der Waals surface area contributed by atoms with E-state index < -0.39 is 5.82 Å². The topological polar surface area (TPSA) is 58.4 Å². The molecular weight excluding hydrogens is 369 g/mol. The summed E-state index contributed by atoms with van der Waals surface area (Å²) in [6, 6.07) is 14.2. The molecule has 0 atom stereocenters. The quantitative estimate of drug-likeness (QED) is 0.729. The van der Waals surface area contributed by atoms with Crippen LogP contribution in [-0.2, 0) is 0 Å². The molecule has 1 saturated carbocycles. The third-order valence-corrected chi connectivity index (χ3v) is 6.29. The first-order valence-corrected chi connectivity index (χ1v) is 9.83. The largest absolute Gasteiger partial charge is 0.508 e. The SMILES string of the molecule is Cc1ccccc1-c1ccnn1C1CC2(C1)CN(C(=O)c1cc(O)ccc1F)C2. The Morgan fingerprint density at radius 1 is 1.17 bits per heavy atom. The number of halogens is 1. The number of hydrogen-bond acceptors (Lipinski definition) is 3. The van der Waals surface area contributed by atoms with E-state index in [1.807, 2.05) is 18.3 Å². The predicted octanol–water partition coefficient (Wildman–Crippen LogP) is 4.18. The fourth-order valence-corrected chi connectivity index (χ4v) is 4.80. The van der Waals surface area contributed by atoms with E-state index in [9.17, 15) is 14.3 Å². The molecule has 1 spiro atoms. The van der Waals surface area contributed by atoms with Gasteiger partial charge in [-0.2, -0.15) is 5.10 Å². The lowest BCUT2D eigenvalue weighted by Gasteiger charge is -2.59. The summed E-state index contributed by atoms with van der Waals surface area (Å²) in [6.45, 7) is 3.35. The maximum atomic E-state index is 13.9. The van der Waals surface area contributed by atoms with Gasteiger partial charge < -0.3 is 10.0 Å². The van der Waals surface area contributed by atoms with Crippen LogP contribution in [0.25, 0.3) is 11.3 Å². The molecule has 6 heteroatoms. The Hall–Kier alpha value is -3.15. The zero-order chi connectivity index (χ0) is 20.2. The average Bonchev–Trinajstić information content (AvgIpc) is 3.11. The molecule has 2 heterocycles. The van der Waals surface area contributed by atoms with Gasteiger partial charge in [0.25, 0.3) is 5.91 Å². The first kappa shape index (κ1) is 17.9. The minimum absolute atomic E-state index is 0.0651. The summed E-state index contributed by atoms with van der Waals surface area (Å²) in [7, 11) is 0. The Labute approximate surface area is 168 Å². The van der Waals surface area contributed by atoms with Gasteiger partial charge in [0.2, 0.25) is 0 Å². The van der Waals surface area contributed by atoms with Crippen molar-refractivity contribution in [3.05, 3.63) is 71.7 Å². The van der Waals surface area contributed by atoms with Gasteiger partial charge in [-0.05, 0) is 49.6 Å². The van der Waals surface area contributed by atoms with Crippen molar-refractivity contribution < 1.29 is 14.3 Å². The normalized spacial score (nSPS) is 17.8. The summed E-state index contributed by atoms with van der Waals surface area (Å²) in [5, 5.41) is 14.1. The molecule has 2 fully saturated rings. The van der Waals surface area contributed by atoms with E-state index in [1.165, 1.54) is 23.3 Å². The van der Waals surface area contributed by atoms with Crippen LogP contribution in [0.5, 0.6) is 5.75 Å². The summed E-state index contributed by atoms with van der Waals surface area (Å²) in [4.78, 5) is 14.2. The van der Waals surface area contributed by atoms with Crippen LogP contribution in [0.15, 0.2) is 54.7 Å². The van der Waals surface area contributed by atoms with E-state index in [4.69, 9.17) is 0 Å². The van der Waals surface area contributed by atoms with Crippen LogP contribution < -0.4 is 0 Å². The van der Waals surface area contributed by atoms with Crippen molar-refractivity contribution in [3.8, 4) is 17.0 Å². The molecule has 1 saturated heterocycles. The molecule has 29 heavy (non-hydrogen) atoms. The molecule has 1 amide bonds. The number of amides is 1. The Balaban J connectivity index is 1.27. The second kappa shape index (κ2) is 6.44. The van der Waals surface area contributed by atoms with E-state index >= 15 is 0 Å². The number of hydrogen-bond donors (Lipinski definition) is 1. The van der Waals surface area contributed by atoms with Gasteiger partial charge in [0, 0.05) is 30.3 Å². The molecule has 1 aliphatic carbocycles.